The first-order valence-electron chi connectivity index (χ1n) is 7.92. The first kappa shape index (κ1) is 15.1. The van der Waals surface area contributed by atoms with Crippen molar-refractivity contribution in [3.8, 4) is 0 Å². The molecule has 2 saturated carbocycles. The van der Waals surface area contributed by atoms with Crippen molar-refractivity contribution < 1.29 is 14.0 Å². The topological polar surface area (TPSA) is 53.5 Å². The number of carbonyl (C=O) groups excluding carboxylic acids is 2. The number of aromatic nitrogens is 1. The molecular weight excluding hydrogens is 365 g/mol. The van der Waals surface area contributed by atoms with Gasteiger partial charge in [0.1, 0.15) is 5.82 Å². The molecule has 23 heavy (non-hydrogen) atoms. The SMILES string of the molecule is O=C1C(=O)N(C2CC3CC3C2)CCN1Cc1ncc(Br)cc1F. The first-order chi connectivity index (χ1) is 11.0. The summed E-state index contributed by atoms with van der Waals surface area (Å²) in [7, 11) is 0. The van der Waals surface area contributed by atoms with E-state index in [0.717, 1.165) is 24.7 Å². The zero-order chi connectivity index (χ0) is 16.1. The van der Waals surface area contributed by atoms with Crippen LogP contribution in [0.15, 0.2) is 16.7 Å². The largest absolute Gasteiger partial charge is 0.330 e. The third-order valence-corrected chi connectivity index (χ3v) is 5.66. The van der Waals surface area contributed by atoms with E-state index in [-0.39, 0.29) is 18.3 Å². The standard InChI is InChI=1S/C16H17BrFN3O2/c17-11-6-13(18)14(19-7-11)8-20-1-2-21(16(23)15(20)22)12-4-9-3-10(9)5-12/h6-7,9-10,12H,1-5,8H2. The number of hydrogen-bond acceptors (Lipinski definition) is 3. The van der Waals surface area contributed by atoms with Crippen molar-refractivity contribution in [1.82, 2.24) is 14.8 Å². The van der Waals surface area contributed by atoms with Crippen molar-refractivity contribution >= 4 is 27.7 Å². The highest BCUT2D eigenvalue weighted by Gasteiger charge is 2.50. The Morgan fingerprint density at radius 2 is 1.91 bits per heavy atom. The molecule has 3 fully saturated rings. The Bertz CT molecular complexity index is 673. The van der Waals surface area contributed by atoms with E-state index in [1.54, 1.807) is 4.90 Å². The van der Waals surface area contributed by atoms with Gasteiger partial charge in [0, 0.05) is 29.8 Å². The number of fused-ring (bicyclic) bond motifs is 1. The molecule has 2 amide bonds. The van der Waals surface area contributed by atoms with Crippen LogP contribution in [0.3, 0.4) is 0 Å². The van der Waals surface area contributed by atoms with E-state index < -0.39 is 17.6 Å². The number of pyridine rings is 1. The second kappa shape index (κ2) is 5.54. The van der Waals surface area contributed by atoms with Crippen LogP contribution in [0.5, 0.6) is 0 Å². The highest BCUT2D eigenvalue weighted by molar-refractivity contribution is 9.10. The predicted molar refractivity (Wildman–Crippen MR) is 83.6 cm³/mol. The molecule has 0 radical (unpaired) electrons. The maximum absolute atomic E-state index is 13.9. The Morgan fingerprint density at radius 1 is 1.17 bits per heavy atom. The molecule has 2 atom stereocenters. The first-order valence-corrected chi connectivity index (χ1v) is 8.72. The van der Waals surface area contributed by atoms with Gasteiger partial charge in [-0.3, -0.25) is 14.6 Å². The number of piperazine rings is 1. The van der Waals surface area contributed by atoms with Crippen molar-refractivity contribution in [2.75, 3.05) is 13.1 Å². The van der Waals surface area contributed by atoms with Gasteiger partial charge in [0.15, 0.2) is 0 Å². The molecule has 1 saturated heterocycles. The van der Waals surface area contributed by atoms with Gasteiger partial charge in [-0.25, -0.2) is 4.39 Å². The Labute approximate surface area is 142 Å². The molecule has 4 rings (SSSR count). The van der Waals surface area contributed by atoms with E-state index in [0.29, 0.717) is 17.6 Å². The van der Waals surface area contributed by atoms with Gasteiger partial charge in [-0.05, 0) is 53.1 Å². The molecule has 5 nitrogen and oxygen atoms in total. The average molecular weight is 382 g/mol. The Balaban J connectivity index is 1.43. The van der Waals surface area contributed by atoms with Crippen LogP contribution in [-0.4, -0.2) is 45.7 Å². The highest BCUT2D eigenvalue weighted by atomic mass is 79.9. The molecule has 2 unspecified atom stereocenters. The zero-order valence-corrected chi connectivity index (χ0v) is 14.1. The molecule has 1 aromatic rings. The minimum absolute atomic E-state index is 0.0352. The molecule has 2 heterocycles. The third kappa shape index (κ3) is 2.75. The van der Waals surface area contributed by atoms with Gasteiger partial charge in [-0.15, -0.1) is 0 Å². The second-order valence-electron chi connectivity index (χ2n) is 6.69. The van der Waals surface area contributed by atoms with Gasteiger partial charge < -0.3 is 9.80 Å². The summed E-state index contributed by atoms with van der Waals surface area (Å²) in [5.41, 5.74) is 0.185. The minimum atomic E-state index is -0.541. The van der Waals surface area contributed by atoms with Crippen molar-refractivity contribution in [2.24, 2.45) is 11.8 Å². The fourth-order valence-electron chi connectivity index (χ4n) is 3.87. The molecule has 0 aromatic carbocycles. The van der Waals surface area contributed by atoms with E-state index in [1.807, 2.05) is 0 Å². The molecule has 0 bridgehead atoms. The molecule has 7 heteroatoms. The van der Waals surface area contributed by atoms with Gasteiger partial charge in [-0.2, -0.15) is 0 Å². The fraction of sp³-hybridized carbons (Fsp3) is 0.562. The van der Waals surface area contributed by atoms with Crippen LogP contribution in [0.25, 0.3) is 0 Å². The van der Waals surface area contributed by atoms with Crippen molar-refractivity contribution in [3.63, 3.8) is 0 Å². The fourth-order valence-corrected chi connectivity index (χ4v) is 4.17. The van der Waals surface area contributed by atoms with Gasteiger partial charge in [0.2, 0.25) is 0 Å². The summed E-state index contributed by atoms with van der Waals surface area (Å²) in [6, 6.07) is 1.54. The molecule has 2 aliphatic carbocycles. The number of amides is 2. The number of rotatable bonds is 3. The van der Waals surface area contributed by atoms with E-state index in [4.69, 9.17) is 0 Å². The Hall–Kier alpha value is -1.50. The van der Waals surface area contributed by atoms with Gasteiger partial charge in [-0.1, -0.05) is 0 Å². The lowest BCUT2D eigenvalue weighted by molar-refractivity contribution is -0.158. The van der Waals surface area contributed by atoms with Crippen LogP contribution in [0, 0.1) is 17.7 Å². The van der Waals surface area contributed by atoms with Gasteiger partial charge in [0.25, 0.3) is 0 Å². The number of carbonyl (C=O) groups is 2. The number of hydrogen-bond donors (Lipinski definition) is 0. The molecule has 0 N–H and O–H groups in total. The molecular formula is C16H17BrFN3O2. The molecule has 1 aromatic heterocycles. The second-order valence-corrected chi connectivity index (χ2v) is 7.60. The van der Waals surface area contributed by atoms with Crippen LogP contribution < -0.4 is 0 Å². The maximum atomic E-state index is 13.9. The van der Waals surface area contributed by atoms with Crippen molar-refractivity contribution in [2.45, 2.75) is 31.8 Å². The summed E-state index contributed by atoms with van der Waals surface area (Å²) in [6.45, 7) is 1.01. The summed E-state index contributed by atoms with van der Waals surface area (Å²) in [6.07, 6.45) is 4.85. The van der Waals surface area contributed by atoms with E-state index in [1.165, 1.54) is 23.6 Å². The minimum Gasteiger partial charge on any atom is -0.330 e. The summed E-state index contributed by atoms with van der Waals surface area (Å²) < 4.78 is 14.4. The zero-order valence-electron chi connectivity index (χ0n) is 12.5. The van der Waals surface area contributed by atoms with Gasteiger partial charge in [0.05, 0.1) is 12.2 Å². The van der Waals surface area contributed by atoms with E-state index in [2.05, 4.69) is 20.9 Å². The third-order valence-electron chi connectivity index (χ3n) is 5.23. The lowest BCUT2D eigenvalue weighted by atomic mass is 10.1. The summed E-state index contributed by atoms with van der Waals surface area (Å²) in [4.78, 5) is 31.9. The quantitative estimate of drug-likeness (QED) is 0.751. The smallest absolute Gasteiger partial charge is 0.312 e. The Kier molecular flexibility index (Phi) is 3.63. The number of halogens is 2. The normalized spacial score (nSPS) is 29.9. The van der Waals surface area contributed by atoms with Crippen LogP contribution in [-0.2, 0) is 16.1 Å². The highest BCUT2D eigenvalue weighted by Crippen LogP contribution is 2.53. The maximum Gasteiger partial charge on any atom is 0.312 e. The van der Waals surface area contributed by atoms with Crippen LogP contribution >= 0.6 is 15.9 Å². The predicted octanol–water partition coefficient (Wildman–Crippen LogP) is 1.95. The monoisotopic (exact) mass is 381 g/mol. The van der Waals surface area contributed by atoms with Crippen molar-refractivity contribution in [1.29, 1.82) is 0 Å². The summed E-state index contributed by atoms with van der Waals surface area (Å²) >= 11 is 3.15. The lowest BCUT2D eigenvalue weighted by Crippen LogP contribution is -2.56. The molecule has 0 spiro atoms. The molecule has 3 aliphatic rings. The van der Waals surface area contributed by atoms with Crippen LogP contribution in [0.1, 0.15) is 25.0 Å². The van der Waals surface area contributed by atoms with E-state index >= 15 is 0 Å². The average Bonchev–Trinajstić information content (AvgIpc) is 3.13. The summed E-state index contributed by atoms with van der Waals surface area (Å²) in [5, 5.41) is 0. The molecule has 122 valence electrons. The number of nitrogens with zero attached hydrogens (tertiary/aromatic N) is 3. The van der Waals surface area contributed by atoms with Crippen molar-refractivity contribution in [3.05, 3.63) is 28.2 Å². The molecule has 1 aliphatic heterocycles. The summed E-state index contributed by atoms with van der Waals surface area (Å²) in [5.74, 6) is 0.0722. The van der Waals surface area contributed by atoms with Crippen LogP contribution in [0.2, 0.25) is 0 Å². The van der Waals surface area contributed by atoms with Crippen LogP contribution in [0.4, 0.5) is 4.39 Å². The lowest BCUT2D eigenvalue weighted by Gasteiger charge is -2.37. The van der Waals surface area contributed by atoms with Gasteiger partial charge >= 0.3 is 11.8 Å². The Morgan fingerprint density at radius 3 is 2.61 bits per heavy atom. The van der Waals surface area contributed by atoms with E-state index in [9.17, 15) is 14.0 Å².